The number of thioether (sulfide) groups is 2. The van der Waals surface area contributed by atoms with Gasteiger partial charge in [0.15, 0.2) is 0 Å². The highest BCUT2D eigenvalue weighted by Crippen LogP contribution is 2.42. The summed E-state index contributed by atoms with van der Waals surface area (Å²) in [6.07, 6.45) is 2.26. The van der Waals surface area contributed by atoms with E-state index in [-0.39, 0.29) is 11.8 Å². The van der Waals surface area contributed by atoms with Crippen LogP contribution in [0.5, 0.6) is 0 Å². The highest BCUT2D eigenvalue weighted by molar-refractivity contribution is 8.00. The van der Waals surface area contributed by atoms with Gasteiger partial charge in [-0.05, 0) is 35.5 Å². The zero-order valence-electron chi connectivity index (χ0n) is 14.4. The lowest BCUT2D eigenvalue weighted by atomic mass is 10.2. The van der Waals surface area contributed by atoms with E-state index in [0.717, 1.165) is 23.5 Å². The Morgan fingerprint density at radius 1 is 0.960 bits per heavy atom. The van der Waals surface area contributed by atoms with Crippen LogP contribution in [0.3, 0.4) is 0 Å². The van der Waals surface area contributed by atoms with Gasteiger partial charge in [-0.25, -0.2) is 0 Å². The largest absolute Gasteiger partial charge is 0.352 e. The number of hydrogen-bond acceptors (Lipinski definition) is 3. The van der Waals surface area contributed by atoms with Crippen LogP contribution in [-0.4, -0.2) is 22.7 Å². The second-order valence-corrected chi connectivity index (χ2v) is 8.80. The number of rotatable bonds is 10. The minimum absolute atomic E-state index is 0.222. The molecule has 25 heavy (non-hydrogen) atoms. The van der Waals surface area contributed by atoms with Gasteiger partial charge in [0, 0.05) is 17.5 Å². The second kappa shape index (κ2) is 9.93. The van der Waals surface area contributed by atoms with Crippen LogP contribution in [0.15, 0.2) is 60.7 Å². The Labute approximate surface area is 159 Å². The van der Waals surface area contributed by atoms with Gasteiger partial charge in [-0.2, -0.15) is 23.5 Å². The number of amides is 1. The summed E-state index contributed by atoms with van der Waals surface area (Å²) in [6, 6.07) is 20.7. The fraction of sp³-hybridized carbons (Fsp3) is 0.381. The summed E-state index contributed by atoms with van der Waals surface area (Å²) >= 11 is 3.97. The summed E-state index contributed by atoms with van der Waals surface area (Å²) in [4.78, 5) is 12.2. The predicted molar refractivity (Wildman–Crippen MR) is 110 cm³/mol. The van der Waals surface area contributed by atoms with Crippen LogP contribution < -0.4 is 5.32 Å². The van der Waals surface area contributed by atoms with Crippen LogP contribution in [-0.2, 0) is 17.1 Å². The van der Waals surface area contributed by atoms with Crippen molar-refractivity contribution in [3.05, 3.63) is 71.8 Å². The van der Waals surface area contributed by atoms with Gasteiger partial charge < -0.3 is 5.32 Å². The first kappa shape index (κ1) is 18.4. The molecule has 0 aliphatic heterocycles. The highest BCUT2D eigenvalue weighted by Gasteiger charge is 2.42. The average molecular weight is 372 g/mol. The zero-order valence-corrected chi connectivity index (χ0v) is 16.0. The van der Waals surface area contributed by atoms with E-state index in [1.807, 2.05) is 53.9 Å². The Hall–Kier alpha value is -1.39. The number of benzene rings is 2. The van der Waals surface area contributed by atoms with Crippen molar-refractivity contribution in [1.29, 1.82) is 0 Å². The number of hydrogen-bond donors (Lipinski definition) is 1. The summed E-state index contributed by atoms with van der Waals surface area (Å²) in [5.41, 5.74) is 2.56. The molecule has 2 nitrogen and oxygen atoms in total. The third kappa shape index (κ3) is 6.44. The smallest absolute Gasteiger partial charge is 0.224 e. The Morgan fingerprint density at radius 3 is 2.36 bits per heavy atom. The molecule has 1 aliphatic rings. The van der Waals surface area contributed by atoms with Crippen molar-refractivity contribution in [3.8, 4) is 0 Å². The van der Waals surface area contributed by atoms with Crippen molar-refractivity contribution >= 4 is 29.4 Å². The minimum atomic E-state index is 0.222. The lowest BCUT2D eigenvalue weighted by Gasteiger charge is -2.05. The van der Waals surface area contributed by atoms with E-state index in [2.05, 4.69) is 35.6 Å². The molecule has 4 heteroatoms. The fourth-order valence-electron chi connectivity index (χ4n) is 2.71. The van der Waals surface area contributed by atoms with E-state index in [4.69, 9.17) is 0 Å². The molecule has 1 fully saturated rings. The first-order chi connectivity index (χ1) is 12.3. The van der Waals surface area contributed by atoms with Gasteiger partial charge >= 0.3 is 0 Å². The molecule has 2 atom stereocenters. The summed E-state index contributed by atoms with van der Waals surface area (Å²) < 4.78 is 0. The van der Waals surface area contributed by atoms with Crippen LogP contribution in [0.4, 0.5) is 0 Å². The van der Waals surface area contributed by atoms with Gasteiger partial charge in [0.25, 0.3) is 0 Å². The average Bonchev–Trinajstić information content (AvgIpc) is 3.44. The summed E-state index contributed by atoms with van der Waals surface area (Å²) in [7, 11) is 0. The molecule has 1 N–H and O–H groups in total. The molecule has 2 aromatic carbocycles. The Bertz CT molecular complexity index is 647. The van der Waals surface area contributed by atoms with E-state index >= 15 is 0 Å². The van der Waals surface area contributed by atoms with E-state index in [1.165, 1.54) is 17.7 Å². The Morgan fingerprint density at radius 2 is 1.64 bits per heavy atom. The molecule has 0 radical (unpaired) electrons. The van der Waals surface area contributed by atoms with Gasteiger partial charge in [0.2, 0.25) is 5.91 Å². The SMILES string of the molecule is O=C(NCc1ccccc1)[C@H]1C[C@@H]1SCCCSCc1ccccc1. The lowest BCUT2D eigenvalue weighted by Crippen LogP contribution is -2.25. The van der Waals surface area contributed by atoms with Gasteiger partial charge in [-0.15, -0.1) is 0 Å². The van der Waals surface area contributed by atoms with Crippen molar-refractivity contribution in [2.24, 2.45) is 5.92 Å². The fourth-order valence-corrected chi connectivity index (χ4v) is 5.12. The Kier molecular flexibility index (Phi) is 7.31. The van der Waals surface area contributed by atoms with Gasteiger partial charge in [-0.3, -0.25) is 4.79 Å². The quantitative estimate of drug-likeness (QED) is 0.611. The molecule has 2 aromatic rings. The van der Waals surface area contributed by atoms with Gasteiger partial charge in [0.05, 0.1) is 5.92 Å². The standard InChI is InChI=1S/C21H25NOS2/c23-21(22-15-17-8-3-1-4-9-17)19-14-20(19)25-13-7-12-24-16-18-10-5-2-6-11-18/h1-6,8-11,19-20H,7,12-16H2,(H,22,23)/t19-,20-/m0/s1. The molecule has 1 aliphatic carbocycles. The molecule has 0 aromatic heterocycles. The molecule has 0 bridgehead atoms. The van der Waals surface area contributed by atoms with Crippen LogP contribution in [0.25, 0.3) is 0 Å². The van der Waals surface area contributed by atoms with E-state index in [0.29, 0.717) is 11.8 Å². The van der Waals surface area contributed by atoms with E-state index in [1.54, 1.807) is 0 Å². The third-order valence-corrected chi connectivity index (χ3v) is 6.84. The summed E-state index contributed by atoms with van der Waals surface area (Å²) in [5, 5.41) is 3.60. The van der Waals surface area contributed by atoms with Gasteiger partial charge in [-0.1, -0.05) is 60.7 Å². The molecule has 0 spiro atoms. The summed E-state index contributed by atoms with van der Waals surface area (Å²) in [6.45, 7) is 0.643. The maximum Gasteiger partial charge on any atom is 0.224 e. The molecule has 1 amide bonds. The molecule has 3 rings (SSSR count). The topological polar surface area (TPSA) is 29.1 Å². The van der Waals surface area contributed by atoms with Crippen molar-refractivity contribution in [3.63, 3.8) is 0 Å². The molecule has 0 unspecified atom stereocenters. The first-order valence-corrected chi connectivity index (χ1v) is 11.1. The monoisotopic (exact) mass is 371 g/mol. The van der Waals surface area contributed by atoms with Crippen LogP contribution >= 0.6 is 23.5 Å². The normalized spacial score (nSPS) is 18.7. The minimum Gasteiger partial charge on any atom is -0.352 e. The van der Waals surface area contributed by atoms with Crippen LogP contribution in [0.2, 0.25) is 0 Å². The van der Waals surface area contributed by atoms with Crippen molar-refractivity contribution < 1.29 is 4.79 Å². The molecule has 0 heterocycles. The maximum absolute atomic E-state index is 12.2. The van der Waals surface area contributed by atoms with Crippen molar-refractivity contribution in [1.82, 2.24) is 5.32 Å². The molecular weight excluding hydrogens is 346 g/mol. The summed E-state index contributed by atoms with van der Waals surface area (Å²) in [5.74, 6) is 3.90. The molecule has 132 valence electrons. The number of carbonyl (C=O) groups excluding carboxylic acids is 1. The van der Waals surface area contributed by atoms with Crippen LogP contribution in [0, 0.1) is 5.92 Å². The predicted octanol–water partition coefficient (Wildman–Crippen LogP) is 4.75. The molecule has 1 saturated carbocycles. The number of nitrogens with one attached hydrogen (secondary N) is 1. The number of carbonyl (C=O) groups is 1. The Balaban J connectivity index is 1.22. The molecule has 0 saturated heterocycles. The second-order valence-electron chi connectivity index (χ2n) is 6.35. The van der Waals surface area contributed by atoms with E-state index in [9.17, 15) is 4.79 Å². The van der Waals surface area contributed by atoms with Crippen LogP contribution in [0.1, 0.15) is 24.0 Å². The first-order valence-electron chi connectivity index (χ1n) is 8.88. The maximum atomic E-state index is 12.2. The lowest BCUT2D eigenvalue weighted by molar-refractivity contribution is -0.122. The van der Waals surface area contributed by atoms with E-state index < -0.39 is 0 Å². The third-order valence-electron chi connectivity index (χ3n) is 4.25. The highest BCUT2D eigenvalue weighted by atomic mass is 32.2. The zero-order chi connectivity index (χ0) is 17.3. The van der Waals surface area contributed by atoms with Crippen molar-refractivity contribution in [2.45, 2.75) is 30.4 Å². The van der Waals surface area contributed by atoms with Crippen molar-refractivity contribution in [2.75, 3.05) is 11.5 Å². The van der Waals surface area contributed by atoms with Gasteiger partial charge in [0.1, 0.15) is 0 Å². The molecular formula is C21H25NOS2.